The average Bonchev–Trinajstić information content (AvgIpc) is 3.17. The van der Waals surface area contributed by atoms with E-state index in [4.69, 9.17) is 4.98 Å². The van der Waals surface area contributed by atoms with E-state index in [-0.39, 0.29) is 12.1 Å². The molecule has 3 aromatic rings. The van der Waals surface area contributed by atoms with E-state index in [1.807, 2.05) is 26.0 Å². The highest BCUT2D eigenvalue weighted by molar-refractivity contribution is 7.11. The van der Waals surface area contributed by atoms with Crippen LogP contribution in [0.15, 0.2) is 18.3 Å². The molecule has 0 aromatic carbocycles. The van der Waals surface area contributed by atoms with Crippen molar-refractivity contribution in [1.29, 1.82) is 0 Å². The van der Waals surface area contributed by atoms with Crippen LogP contribution < -0.4 is 10.6 Å². The molecule has 0 fully saturated rings. The highest BCUT2D eigenvalue weighted by Crippen LogP contribution is 2.29. The Balaban J connectivity index is 1.47. The smallest absolute Gasteiger partial charge is 0.319 e. The number of pyridine rings is 1. The molecule has 7 nitrogen and oxygen atoms in total. The number of urea groups is 1. The van der Waals surface area contributed by atoms with Gasteiger partial charge in [0.25, 0.3) is 0 Å². The summed E-state index contributed by atoms with van der Waals surface area (Å²) < 4.78 is 1.66. The largest absolute Gasteiger partial charge is 0.329 e. The Bertz CT molecular complexity index is 907. The third-order valence-electron chi connectivity index (χ3n) is 4.30. The molecular formula is C17H20N6OS. The molecule has 0 spiro atoms. The van der Waals surface area contributed by atoms with E-state index < -0.39 is 0 Å². The summed E-state index contributed by atoms with van der Waals surface area (Å²) in [5.74, 6) is 0.663. The van der Waals surface area contributed by atoms with Gasteiger partial charge in [0.2, 0.25) is 0 Å². The summed E-state index contributed by atoms with van der Waals surface area (Å²) in [6, 6.07) is 3.24. The van der Waals surface area contributed by atoms with E-state index in [2.05, 4.69) is 20.7 Å². The van der Waals surface area contributed by atoms with Crippen molar-refractivity contribution in [2.45, 2.75) is 45.6 Å². The van der Waals surface area contributed by atoms with Crippen molar-refractivity contribution in [3.8, 4) is 0 Å². The van der Waals surface area contributed by atoms with Crippen LogP contribution in [0.3, 0.4) is 0 Å². The number of hydrogen-bond acceptors (Lipinski definition) is 5. The Kier molecular flexibility index (Phi) is 4.12. The van der Waals surface area contributed by atoms with E-state index in [9.17, 15) is 4.79 Å². The summed E-state index contributed by atoms with van der Waals surface area (Å²) in [7, 11) is 0. The summed E-state index contributed by atoms with van der Waals surface area (Å²) in [6.07, 6.45) is 6.42. The first-order valence-corrected chi connectivity index (χ1v) is 9.30. The van der Waals surface area contributed by atoms with Crippen LogP contribution in [0.4, 0.5) is 10.5 Å². The van der Waals surface area contributed by atoms with Crippen LogP contribution in [-0.4, -0.2) is 25.6 Å². The fourth-order valence-corrected chi connectivity index (χ4v) is 4.24. The number of aromatic nitrogens is 4. The molecule has 1 aliphatic rings. The molecular weight excluding hydrogens is 336 g/mol. The predicted molar refractivity (Wildman–Crippen MR) is 97.0 cm³/mol. The zero-order valence-electron chi connectivity index (χ0n) is 14.2. The van der Waals surface area contributed by atoms with E-state index >= 15 is 0 Å². The van der Waals surface area contributed by atoms with Crippen molar-refractivity contribution in [2.24, 2.45) is 0 Å². The Morgan fingerprint density at radius 1 is 1.32 bits per heavy atom. The minimum absolute atomic E-state index is 0.130. The summed E-state index contributed by atoms with van der Waals surface area (Å²) in [5.41, 5.74) is 2.47. The van der Waals surface area contributed by atoms with E-state index in [1.165, 1.54) is 23.4 Å². The maximum atomic E-state index is 12.4. The van der Waals surface area contributed by atoms with Gasteiger partial charge in [-0.05, 0) is 51.7 Å². The highest BCUT2D eigenvalue weighted by atomic mass is 32.1. The summed E-state index contributed by atoms with van der Waals surface area (Å²) in [4.78, 5) is 22.8. The quantitative estimate of drug-likeness (QED) is 0.754. The number of carbonyl (C=O) groups excluding carboxylic acids is 1. The lowest BCUT2D eigenvalue weighted by molar-refractivity contribution is 0.249. The molecule has 3 heterocycles. The van der Waals surface area contributed by atoms with Gasteiger partial charge in [-0.2, -0.15) is 5.10 Å². The predicted octanol–water partition coefficient (Wildman–Crippen LogP) is 3.26. The van der Waals surface area contributed by atoms with Crippen LogP contribution in [0.5, 0.6) is 0 Å². The molecule has 0 saturated carbocycles. The highest BCUT2D eigenvalue weighted by Gasteiger charge is 2.20. The third-order valence-corrected chi connectivity index (χ3v) is 5.64. The standard InChI is InChI=1S/C17H20N6OS/c1-10(16-20-12-6-3-4-8-14(12)25-16)18-17(24)21-13-7-5-9-23-15(13)19-11(2)22-23/h5,7,9-10H,3-4,6,8H2,1-2H3,(H2,18,21,24)/t10-/m1/s1. The number of nitrogens with zero attached hydrogens (tertiary/aromatic N) is 4. The molecule has 2 amide bonds. The fourth-order valence-electron chi connectivity index (χ4n) is 3.08. The summed E-state index contributed by atoms with van der Waals surface area (Å²) >= 11 is 1.72. The van der Waals surface area contributed by atoms with Crippen molar-refractivity contribution in [3.63, 3.8) is 0 Å². The zero-order valence-corrected chi connectivity index (χ0v) is 15.1. The lowest BCUT2D eigenvalue weighted by Crippen LogP contribution is -2.31. The number of rotatable bonds is 3. The Morgan fingerprint density at radius 3 is 3.00 bits per heavy atom. The topological polar surface area (TPSA) is 84.2 Å². The van der Waals surface area contributed by atoms with Gasteiger partial charge in [-0.15, -0.1) is 11.3 Å². The lowest BCUT2D eigenvalue weighted by atomic mass is 10.0. The number of thiazole rings is 1. The number of anilines is 1. The monoisotopic (exact) mass is 356 g/mol. The van der Waals surface area contributed by atoms with E-state index in [1.54, 1.807) is 22.0 Å². The van der Waals surface area contributed by atoms with E-state index in [0.29, 0.717) is 17.2 Å². The number of amides is 2. The second kappa shape index (κ2) is 6.44. The van der Waals surface area contributed by atoms with Gasteiger partial charge in [-0.3, -0.25) is 0 Å². The Hall–Kier alpha value is -2.48. The van der Waals surface area contributed by atoms with Crippen LogP contribution in [-0.2, 0) is 12.8 Å². The molecule has 8 heteroatoms. The van der Waals surface area contributed by atoms with Crippen LogP contribution >= 0.6 is 11.3 Å². The van der Waals surface area contributed by atoms with Crippen molar-refractivity contribution >= 4 is 28.7 Å². The van der Waals surface area contributed by atoms with Crippen molar-refractivity contribution in [3.05, 3.63) is 39.7 Å². The van der Waals surface area contributed by atoms with Gasteiger partial charge in [0.1, 0.15) is 10.8 Å². The van der Waals surface area contributed by atoms with Gasteiger partial charge in [0.05, 0.1) is 17.4 Å². The molecule has 130 valence electrons. The van der Waals surface area contributed by atoms with Crippen molar-refractivity contribution < 1.29 is 4.79 Å². The van der Waals surface area contributed by atoms with Gasteiger partial charge in [0.15, 0.2) is 5.65 Å². The minimum atomic E-state index is -0.269. The number of hydrogen-bond donors (Lipinski definition) is 2. The van der Waals surface area contributed by atoms with Gasteiger partial charge in [0, 0.05) is 11.1 Å². The summed E-state index contributed by atoms with van der Waals surface area (Å²) in [6.45, 7) is 3.79. The zero-order chi connectivity index (χ0) is 17.4. The first-order valence-electron chi connectivity index (χ1n) is 8.48. The first-order chi connectivity index (χ1) is 12.1. The Labute approximate surface area is 149 Å². The molecule has 0 saturated heterocycles. The molecule has 2 N–H and O–H groups in total. The van der Waals surface area contributed by atoms with Gasteiger partial charge in [-0.1, -0.05) is 0 Å². The molecule has 0 radical (unpaired) electrons. The third kappa shape index (κ3) is 3.21. The van der Waals surface area contributed by atoms with Gasteiger partial charge in [-0.25, -0.2) is 19.3 Å². The molecule has 25 heavy (non-hydrogen) atoms. The normalized spacial score (nSPS) is 15.0. The average molecular weight is 356 g/mol. The van der Waals surface area contributed by atoms with Crippen LogP contribution in [0.25, 0.3) is 5.65 Å². The molecule has 1 atom stereocenters. The molecule has 0 bridgehead atoms. The minimum Gasteiger partial charge on any atom is -0.329 e. The van der Waals surface area contributed by atoms with Gasteiger partial charge < -0.3 is 10.6 Å². The summed E-state index contributed by atoms with van der Waals surface area (Å²) in [5, 5.41) is 11.1. The van der Waals surface area contributed by atoms with Crippen molar-refractivity contribution in [1.82, 2.24) is 24.9 Å². The second-order valence-corrected chi connectivity index (χ2v) is 7.41. The van der Waals surface area contributed by atoms with Crippen LogP contribution in [0.2, 0.25) is 0 Å². The number of nitrogens with one attached hydrogen (secondary N) is 2. The molecule has 4 rings (SSSR count). The Morgan fingerprint density at radius 2 is 2.16 bits per heavy atom. The molecule has 0 aliphatic heterocycles. The van der Waals surface area contributed by atoms with Crippen molar-refractivity contribution in [2.75, 3.05) is 5.32 Å². The number of aryl methyl sites for hydroxylation is 3. The molecule has 0 unspecified atom stereocenters. The number of fused-ring (bicyclic) bond motifs is 2. The number of carbonyl (C=O) groups is 1. The van der Waals surface area contributed by atoms with Crippen LogP contribution in [0, 0.1) is 6.92 Å². The lowest BCUT2D eigenvalue weighted by Gasteiger charge is -2.12. The second-order valence-electron chi connectivity index (χ2n) is 6.30. The van der Waals surface area contributed by atoms with Crippen LogP contribution in [0.1, 0.15) is 47.2 Å². The molecule has 3 aromatic heterocycles. The van der Waals surface area contributed by atoms with E-state index in [0.717, 1.165) is 17.8 Å². The maximum absolute atomic E-state index is 12.4. The first kappa shape index (κ1) is 16.0. The fraction of sp³-hybridized carbons (Fsp3) is 0.412. The maximum Gasteiger partial charge on any atom is 0.319 e. The molecule has 1 aliphatic carbocycles. The SMILES string of the molecule is Cc1nc2c(NC(=O)N[C@H](C)c3nc4c(s3)CCCC4)cccn2n1. The van der Waals surface area contributed by atoms with Gasteiger partial charge >= 0.3 is 6.03 Å².